The molecule has 0 aliphatic rings. The Kier molecular flexibility index (Phi) is 4.27. The van der Waals surface area contributed by atoms with Crippen LogP contribution in [0.5, 0.6) is 0 Å². The lowest BCUT2D eigenvalue weighted by atomic mass is 10.1. The summed E-state index contributed by atoms with van der Waals surface area (Å²) in [6.07, 6.45) is -4.46. The SMILES string of the molecule is O=C(Nc1nc(-c2ccc3oc(=O)[nH]c3c2)cs1)c1ccc(C(F)(F)F)cc1. The Labute approximate surface area is 158 Å². The number of hydrogen-bond donors (Lipinski definition) is 2. The van der Waals surface area contributed by atoms with Gasteiger partial charge in [-0.1, -0.05) is 0 Å². The Morgan fingerprint density at radius 2 is 1.89 bits per heavy atom. The number of thiazole rings is 1. The number of benzene rings is 2. The molecule has 2 heterocycles. The van der Waals surface area contributed by atoms with E-state index in [9.17, 15) is 22.8 Å². The van der Waals surface area contributed by atoms with E-state index in [0.29, 0.717) is 27.5 Å². The Morgan fingerprint density at radius 1 is 1.14 bits per heavy atom. The van der Waals surface area contributed by atoms with Crippen LogP contribution in [0, 0.1) is 0 Å². The van der Waals surface area contributed by atoms with Crippen molar-refractivity contribution in [3.05, 3.63) is 69.5 Å². The fourth-order valence-electron chi connectivity index (χ4n) is 2.55. The van der Waals surface area contributed by atoms with Gasteiger partial charge in [0.25, 0.3) is 5.91 Å². The first kappa shape index (κ1) is 18.0. The van der Waals surface area contributed by atoms with Crippen LogP contribution >= 0.6 is 11.3 Å². The summed E-state index contributed by atoms with van der Waals surface area (Å²) < 4.78 is 42.7. The summed E-state index contributed by atoms with van der Waals surface area (Å²) in [4.78, 5) is 30.3. The summed E-state index contributed by atoms with van der Waals surface area (Å²) in [6.45, 7) is 0. The van der Waals surface area contributed by atoms with Gasteiger partial charge in [0, 0.05) is 16.5 Å². The number of aromatic nitrogens is 2. The van der Waals surface area contributed by atoms with Crippen LogP contribution in [0.2, 0.25) is 0 Å². The molecule has 6 nitrogen and oxygen atoms in total. The molecule has 0 spiro atoms. The predicted molar refractivity (Wildman–Crippen MR) is 97.3 cm³/mol. The number of rotatable bonds is 3. The van der Waals surface area contributed by atoms with Gasteiger partial charge < -0.3 is 4.42 Å². The largest absolute Gasteiger partial charge is 0.417 e. The number of anilines is 1. The molecule has 0 aliphatic carbocycles. The van der Waals surface area contributed by atoms with Gasteiger partial charge in [0.1, 0.15) is 0 Å². The third-order valence-corrected chi connectivity index (χ3v) is 4.67. The van der Waals surface area contributed by atoms with Crippen LogP contribution in [0.15, 0.2) is 57.1 Å². The number of fused-ring (bicyclic) bond motifs is 1. The molecule has 4 rings (SSSR count). The number of nitrogens with zero attached hydrogens (tertiary/aromatic N) is 1. The van der Waals surface area contributed by atoms with Crippen molar-refractivity contribution in [2.75, 3.05) is 5.32 Å². The van der Waals surface area contributed by atoms with Gasteiger partial charge in [-0.3, -0.25) is 15.1 Å². The molecule has 0 atom stereocenters. The third kappa shape index (κ3) is 3.54. The average Bonchev–Trinajstić information content (AvgIpc) is 3.25. The molecule has 0 bridgehead atoms. The zero-order valence-corrected chi connectivity index (χ0v) is 14.6. The van der Waals surface area contributed by atoms with Crippen LogP contribution in [-0.4, -0.2) is 15.9 Å². The first-order chi connectivity index (χ1) is 13.3. The molecule has 2 N–H and O–H groups in total. The van der Waals surface area contributed by atoms with E-state index in [1.54, 1.807) is 23.6 Å². The highest BCUT2D eigenvalue weighted by atomic mass is 32.1. The van der Waals surface area contributed by atoms with Crippen LogP contribution in [0.25, 0.3) is 22.4 Å². The van der Waals surface area contributed by atoms with Crippen molar-refractivity contribution in [3.8, 4) is 11.3 Å². The fraction of sp³-hybridized carbons (Fsp3) is 0.0556. The van der Waals surface area contributed by atoms with Crippen molar-refractivity contribution in [2.45, 2.75) is 6.18 Å². The normalized spacial score (nSPS) is 11.7. The van der Waals surface area contributed by atoms with E-state index in [1.807, 2.05) is 0 Å². The monoisotopic (exact) mass is 405 g/mol. The quantitative estimate of drug-likeness (QED) is 0.525. The van der Waals surface area contributed by atoms with Gasteiger partial charge in [0.2, 0.25) is 0 Å². The fourth-order valence-corrected chi connectivity index (χ4v) is 3.27. The summed E-state index contributed by atoms with van der Waals surface area (Å²) in [5.41, 5.74) is 1.47. The number of amides is 1. The lowest BCUT2D eigenvalue weighted by molar-refractivity contribution is -0.137. The molecule has 28 heavy (non-hydrogen) atoms. The molecule has 0 saturated heterocycles. The predicted octanol–water partition coefficient (Wildman–Crippen LogP) is 4.52. The van der Waals surface area contributed by atoms with Crippen molar-refractivity contribution in [1.29, 1.82) is 0 Å². The third-order valence-electron chi connectivity index (χ3n) is 3.91. The smallest absolute Gasteiger partial charge is 0.408 e. The number of alkyl halides is 3. The van der Waals surface area contributed by atoms with Crippen molar-refractivity contribution < 1.29 is 22.4 Å². The van der Waals surface area contributed by atoms with Gasteiger partial charge >= 0.3 is 11.9 Å². The number of H-pyrrole nitrogens is 1. The molecule has 0 aliphatic heterocycles. The van der Waals surface area contributed by atoms with E-state index in [0.717, 1.165) is 24.3 Å². The van der Waals surface area contributed by atoms with Crippen molar-refractivity contribution in [2.24, 2.45) is 0 Å². The minimum absolute atomic E-state index is 0.0853. The molecule has 0 unspecified atom stereocenters. The van der Waals surface area contributed by atoms with Gasteiger partial charge in [-0.25, -0.2) is 9.78 Å². The molecule has 10 heteroatoms. The second-order valence-electron chi connectivity index (χ2n) is 5.79. The zero-order valence-electron chi connectivity index (χ0n) is 13.8. The van der Waals surface area contributed by atoms with Crippen LogP contribution < -0.4 is 11.1 Å². The molecular formula is C18H10F3N3O3S. The average molecular weight is 405 g/mol. The van der Waals surface area contributed by atoms with E-state index in [1.165, 1.54) is 11.3 Å². The lowest BCUT2D eigenvalue weighted by Crippen LogP contribution is -2.12. The Morgan fingerprint density at radius 3 is 2.61 bits per heavy atom. The standard InChI is InChI=1S/C18H10F3N3O3S/c19-18(20,21)11-4-1-9(2-5-11)15(25)24-16-22-13(8-28-16)10-3-6-14-12(7-10)23-17(26)27-14/h1-8H,(H,23,26)(H,22,24,25). The van der Waals surface area contributed by atoms with Crippen molar-refractivity contribution in [1.82, 2.24) is 9.97 Å². The minimum Gasteiger partial charge on any atom is -0.408 e. The molecule has 0 saturated carbocycles. The van der Waals surface area contributed by atoms with Crippen LogP contribution in [0.3, 0.4) is 0 Å². The second-order valence-corrected chi connectivity index (χ2v) is 6.65. The Hall–Kier alpha value is -3.40. The maximum atomic E-state index is 12.6. The van der Waals surface area contributed by atoms with Crippen LogP contribution in [0.4, 0.5) is 18.3 Å². The van der Waals surface area contributed by atoms with E-state index >= 15 is 0 Å². The molecule has 0 fully saturated rings. The number of hydrogen-bond acceptors (Lipinski definition) is 5. The van der Waals surface area contributed by atoms with E-state index in [-0.39, 0.29) is 5.56 Å². The highest BCUT2D eigenvalue weighted by Crippen LogP contribution is 2.30. The van der Waals surface area contributed by atoms with Crippen molar-refractivity contribution >= 4 is 33.5 Å². The van der Waals surface area contributed by atoms with Gasteiger partial charge in [-0.2, -0.15) is 13.2 Å². The second kappa shape index (κ2) is 6.64. The molecule has 4 aromatic rings. The summed E-state index contributed by atoms with van der Waals surface area (Å²) in [5, 5.41) is 4.56. The summed E-state index contributed by atoms with van der Waals surface area (Å²) >= 11 is 1.17. The topological polar surface area (TPSA) is 88.0 Å². The number of aromatic amines is 1. The van der Waals surface area contributed by atoms with Gasteiger partial charge in [0.15, 0.2) is 10.7 Å². The number of halogens is 3. The van der Waals surface area contributed by atoms with Crippen LogP contribution in [0.1, 0.15) is 15.9 Å². The van der Waals surface area contributed by atoms with E-state index in [4.69, 9.17) is 4.42 Å². The Balaban J connectivity index is 1.52. The highest BCUT2D eigenvalue weighted by Gasteiger charge is 2.30. The molecule has 1 amide bonds. The first-order valence-electron chi connectivity index (χ1n) is 7.87. The zero-order chi connectivity index (χ0) is 19.9. The molecular weight excluding hydrogens is 395 g/mol. The van der Waals surface area contributed by atoms with Crippen LogP contribution in [-0.2, 0) is 6.18 Å². The molecule has 142 valence electrons. The summed E-state index contributed by atoms with van der Waals surface area (Å²) in [5.74, 6) is -1.13. The number of carbonyl (C=O) groups excluding carboxylic acids is 1. The maximum Gasteiger partial charge on any atom is 0.417 e. The van der Waals surface area contributed by atoms with Gasteiger partial charge in [-0.05, 0) is 42.5 Å². The number of carbonyl (C=O) groups is 1. The molecule has 2 aromatic carbocycles. The molecule has 0 radical (unpaired) electrons. The lowest BCUT2D eigenvalue weighted by Gasteiger charge is -2.07. The summed E-state index contributed by atoms with van der Waals surface area (Å²) in [6, 6.07) is 8.95. The number of nitrogens with one attached hydrogen (secondary N) is 2. The first-order valence-corrected chi connectivity index (χ1v) is 8.75. The highest BCUT2D eigenvalue weighted by molar-refractivity contribution is 7.14. The maximum absolute atomic E-state index is 12.6. The molecule has 2 aromatic heterocycles. The minimum atomic E-state index is -4.46. The van der Waals surface area contributed by atoms with Crippen molar-refractivity contribution in [3.63, 3.8) is 0 Å². The number of oxazole rings is 1. The summed E-state index contributed by atoms with van der Waals surface area (Å²) in [7, 11) is 0. The van der Waals surface area contributed by atoms with E-state index in [2.05, 4.69) is 15.3 Å². The van der Waals surface area contributed by atoms with Gasteiger partial charge in [0.05, 0.1) is 16.8 Å². The van der Waals surface area contributed by atoms with Gasteiger partial charge in [-0.15, -0.1) is 11.3 Å². The van der Waals surface area contributed by atoms with E-state index < -0.39 is 23.4 Å². The Bertz CT molecular complexity index is 1220.